The summed E-state index contributed by atoms with van der Waals surface area (Å²) in [7, 11) is 0. The number of nitrogens with zero attached hydrogens (tertiary/aromatic N) is 4. The lowest BCUT2D eigenvalue weighted by atomic mass is 9.93. The van der Waals surface area contributed by atoms with Crippen LogP contribution in [0.3, 0.4) is 0 Å². The molecule has 4 nitrogen and oxygen atoms in total. The Morgan fingerprint density at radius 3 is 1.58 bits per heavy atom. The van der Waals surface area contributed by atoms with Crippen LogP contribution in [0.25, 0.3) is 66.3 Å². The molecule has 0 saturated heterocycles. The number of aliphatic imine (C=N–C) groups is 3. The predicted octanol–water partition coefficient (Wildman–Crippen LogP) is 13.2. The molecular formula is C53H38N4. The van der Waals surface area contributed by atoms with Crippen LogP contribution >= 0.6 is 0 Å². The molecule has 0 radical (unpaired) electrons. The fourth-order valence-corrected chi connectivity index (χ4v) is 7.39. The largest absolute Gasteiger partial charge is 0.261 e. The van der Waals surface area contributed by atoms with Crippen LogP contribution in [0.4, 0.5) is 0 Å². The maximum absolute atomic E-state index is 5.15. The van der Waals surface area contributed by atoms with Crippen molar-refractivity contribution in [3.8, 4) is 44.6 Å². The molecule has 1 aromatic heterocycles. The van der Waals surface area contributed by atoms with Gasteiger partial charge in [-0.2, -0.15) is 0 Å². The molecule has 0 aliphatic rings. The zero-order valence-corrected chi connectivity index (χ0v) is 31.3. The summed E-state index contributed by atoms with van der Waals surface area (Å²) in [5, 5.41) is 3.51. The van der Waals surface area contributed by atoms with Crippen LogP contribution < -0.4 is 0 Å². The Morgan fingerprint density at radius 2 is 0.895 bits per heavy atom. The van der Waals surface area contributed by atoms with E-state index in [4.69, 9.17) is 15.0 Å². The van der Waals surface area contributed by atoms with Gasteiger partial charge in [-0.15, -0.1) is 0 Å². The second kappa shape index (κ2) is 16.0. The Bertz CT molecular complexity index is 2910. The fraction of sp³-hybridized carbons (Fsp3) is 0.0189. The minimum absolute atomic E-state index is 0.414. The summed E-state index contributed by atoms with van der Waals surface area (Å²) in [6.07, 6.45) is 0. The molecule has 9 rings (SSSR count). The molecule has 0 unspecified atom stereocenters. The van der Waals surface area contributed by atoms with Gasteiger partial charge in [0.25, 0.3) is 0 Å². The van der Waals surface area contributed by atoms with E-state index in [1.807, 2.05) is 60.7 Å². The molecule has 0 saturated carbocycles. The predicted molar refractivity (Wildman–Crippen MR) is 240 cm³/mol. The van der Waals surface area contributed by atoms with Crippen LogP contribution in [-0.2, 0) is 6.54 Å². The molecule has 0 fully saturated rings. The molecule has 0 bridgehead atoms. The molecule has 0 N–H and O–H groups in total. The van der Waals surface area contributed by atoms with E-state index in [1.54, 1.807) is 0 Å². The van der Waals surface area contributed by atoms with Gasteiger partial charge in [0.1, 0.15) is 0 Å². The number of aromatic nitrogens is 1. The average Bonchev–Trinajstić information content (AvgIpc) is 3.30. The van der Waals surface area contributed by atoms with Crippen LogP contribution in [0, 0.1) is 0 Å². The van der Waals surface area contributed by atoms with E-state index in [0.717, 1.165) is 66.5 Å². The maximum atomic E-state index is 5.15. The Morgan fingerprint density at radius 1 is 0.404 bits per heavy atom. The van der Waals surface area contributed by atoms with Gasteiger partial charge >= 0.3 is 0 Å². The number of hydrogen-bond donors (Lipinski definition) is 0. The molecule has 270 valence electrons. The topological polar surface area (TPSA) is 50.0 Å². The van der Waals surface area contributed by atoms with E-state index >= 15 is 0 Å². The maximum Gasteiger partial charge on any atom is 0.161 e. The first-order valence-corrected chi connectivity index (χ1v) is 19.1. The third kappa shape index (κ3) is 7.57. The van der Waals surface area contributed by atoms with E-state index in [2.05, 4.69) is 157 Å². The number of rotatable bonds is 8. The Hall–Kier alpha value is -7.56. The highest BCUT2D eigenvalue weighted by atomic mass is 15.0. The van der Waals surface area contributed by atoms with E-state index in [1.165, 1.54) is 16.5 Å². The highest BCUT2D eigenvalue weighted by Crippen LogP contribution is 2.35. The molecule has 57 heavy (non-hydrogen) atoms. The summed E-state index contributed by atoms with van der Waals surface area (Å²) in [4.78, 5) is 19.6. The molecule has 0 amide bonds. The van der Waals surface area contributed by atoms with Crippen molar-refractivity contribution in [2.45, 2.75) is 6.54 Å². The average molecular weight is 731 g/mol. The minimum atomic E-state index is 0.414. The van der Waals surface area contributed by atoms with Crippen LogP contribution in [0.5, 0.6) is 0 Å². The number of fused-ring (bicyclic) bond motifs is 3. The SMILES string of the molecule is C=NC(=NC(=NCc1cc(-c2ccc(-c3nc4ccccc4c4ccccc34)cc2)cc(-c2cccc(-c3ccccc3)c2)c1)c1ccccc1)c1ccccc1. The van der Waals surface area contributed by atoms with Gasteiger partial charge < -0.3 is 0 Å². The highest BCUT2D eigenvalue weighted by Gasteiger charge is 2.13. The lowest BCUT2D eigenvalue weighted by Crippen LogP contribution is -2.05. The van der Waals surface area contributed by atoms with Crippen molar-refractivity contribution in [3.63, 3.8) is 0 Å². The van der Waals surface area contributed by atoms with Crippen molar-refractivity contribution in [1.29, 1.82) is 0 Å². The van der Waals surface area contributed by atoms with Crippen LogP contribution in [0.2, 0.25) is 0 Å². The lowest BCUT2D eigenvalue weighted by Gasteiger charge is -2.13. The molecule has 0 aliphatic carbocycles. The fourth-order valence-electron chi connectivity index (χ4n) is 7.39. The van der Waals surface area contributed by atoms with Crippen LogP contribution in [0.15, 0.2) is 221 Å². The Labute approximate surface area is 333 Å². The summed E-state index contributed by atoms with van der Waals surface area (Å²) in [6, 6.07) is 71.7. The minimum Gasteiger partial charge on any atom is -0.261 e. The van der Waals surface area contributed by atoms with E-state index < -0.39 is 0 Å². The van der Waals surface area contributed by atoms with Crippen molar-refractivity contribution >= 4 is 40.1 Å². The third-order valence-corrected chi connectivity index (χ3v) is 10.2. The van der Waals surface area contributed by atoms with E-state index in [9.17, 15) is 0 Å². The van der Waals surface area contributed by atoms with Gasteiger partial charge in [0.2, 0.25) is 0 Å². The van der Waals surface area contributed by atoms with Crippen molar-refractivity contribution in [3.05, 3.63) is 223 Å². The zero-order valence-electron chi connectivity index (χ0n) is 31.3. The molecule has 0 aliphatic heterocycles. The smallest absolute Gasteiger partial charge is 0.161 e. The summed E-state index contributed by atoms with van der Waals surface area (Å²) >= 11 is 0. The number of hydrogen-bond acceptors (Lipinski definition) is 2. The Kier molecular flexibility index (Phi) is 9.89. The molecular weight excluding hydrogens is 693 g/mol. The van der Waals surface area contributed by atoms with Gasteiger partial charge in [0.05, 0.1) is 17.8 Å². The summed E-state index contributed by atoms with van der Waals surface area (Å²) in [5.74, 6) is 1.12. The number of para-hydroxylation sites is 1. The van der Waals surface area contributed by atoms with Crippen molar-refractivity contribution < 1.29 is 0 Å². The van der Waals surface area contributed by atoms with Gasteiger partial charge in [-0.05, 0) is 81.4 Å². The zero-order chi connectivity index (χ0) is 38.4. The van der Waals surface area contributed by atoms with Gasteiger partial charge in [-0.25, -0.2) is 15.0 Å². The van der Waals surface area contributed by atoms with Crippen molar-refractivity contribution in [2.24, 2.45) is 15.0 Å². The molecule has 1 heterocycles. The molecule has 9 aromatic rings. The first-order valence-electron chi connectivity index (χ1n) is 19.1. The standard InChI is InChI=1S/C53H38N4/c1-54-52(41-18-7-3-8-19-41)57-53(42-20-9-4-10-21-42)55-36-37-32-45(35-46(33-37)44-23-15-22-43(34-44)38-16-5-2-6-17-38)39-28-30-40(31-29-39)51-49-26-12-11-24-47(49)48-25-13-14-27-50(48)56-51/h2-35H,1,36H2. The van der Waals surface area contributed by atoms with E-state index in [-0.39, 0.29) is 0 Å². The first-order chi connectivity index (χ1) is 28.2. The molecule has 0 spiro atoms. The summed E-state index contributed by atoms with van der Waals surface area (Å²) in [5.41, 5.74) is 12.7. The quantitative estimate of drug-likeness (QED) is 0.0872. The van der Waals surface area contributed by atoms with Crippen molar-refractivity contribution in [2.75, 3.05) is 0 Å². The summed E-state index contributed by atoms with van der Waals surface area (Å²) in [6.45, 7) is 4.25. The van der Waals surface area contributed by atoms with Gasteiger partial charge in [-0.1, -0.05) is 176 Å². The van der Waals surface area contributed by atoms with E-state index in [0.29, 0.717) is 18.2 Å². The molecule has 8 aromatic carbocycles. The molecule has 0 atom stereocenters. The first kappa shape index (κ1) is 35.2. The van der Waals surface area contributed by atoms with Gasteiger partial charge in [-0.3, -0.25) is 4.99 Å². The third-order valence-electron chi connectivity index (χ3n) is 10.2. The van der Waals surface area contributed by atoms with Crippen LogP contribution in [0.1, 0.15) is 16.7 Å². The van der Waals surface area contributed by atoms with Crippen molar-refractivity contribution in [1.82, 2.24) is 4.98 Å². The molecule has 4 heteroatoms. The van der Waals surface area contributed by atoms with Gasteiger partial charge in [0, 0.05) is 27.5 Å². The van der Waals surface area contributed by atoms with Crippen LogP contribution in [-0.4, -0.2) is 23.4 Å². The number of pyridine rings is 1. The monoisotopic (exact) mass is 730 g/mol. The highest BCUT2D eigenvalue weighted by molar-refractivity contribution is 6.13. The number of amidine groups is 2. The Balaban J connectivity index is 1.14. The summed E-state index contributed by atoms with van der Waals surface area (Å²) < 4.78 is 0. The van der Waals surface area contributed by atoms with Gasteiger partial charge in [0.15, 0.2) is 11.7 Å². The lowest BCUT2D eigenvalue weighted by molar-refractivity contribution is 1.06. The second-order valence-electron chi connectivity index (χ2n) is 13.9. The normalized spacial score (nSPS) is 11.9. The second-order valence-corrected chi connectivity index (χ2v) is 13.9. The number of benzene rings is 8.